The maximum Gasteiger partial charge on any atom is 0.193 e. The number of nitrogens with zero attached hydrogens (tertiary/aromatic N) is 3. The van der Waals surface area contributed by atoms with Crippen molar-refractivity contribution in [3.8, 4) is 5.75 Å². The van der Waals surface area contributed by atoms with Crippen molar-refractivity contribution in [2.24, 2.45) is 4.99 Å². The maximum atomic E-state index is 14.6. The molecule has 1 N–H and O–H groups in total. The van der Waals surface area contributed by atoms with Crippen LogP contribution in [0.2, 0.25) is 0 Å². The van der Waals surface area contributed by atoms with Gasteiger partial charge < -0.3 is 24.6 Å². The number of rotatable bonds is 6. The molecule has 1 fully saturated rings. The number of halogens is 2. The first kappa shape index (κ1) is 24.2. The van der Waals surface area contributed by atoms with Crippen LogP contribution < -0.4 is 15.0 Å². The number of benzene rings is 2. The summed E-state index contributed by atoms with van der Waals surface area (Å²) in [5, 5.41) is 3.30. The highest BCUT2D eigenvalue weighted by Crippen LogP contribution is 2.22. The van der Waals surface area contributed by atoms with E-state index in [1.807, 2.05) is 53.2 Å². The minimum Gasteiger partial charge on any atom is -0.496 e. The van der Waals surface area contributed by atoms with Gasteiger partial charge in [-0.15, -0.1) is 24.0 Å². The molecule has 0 amide bonds. The van der Waals surface area contributed by atoms with Crippen LogP contribution in [0.15, 0.2) is 47.5 Å². The van der Waals surface area contributed by atoms with Crippen molar-refractivity contribution in [1.82, 2.24) is 10.2 Å². The molecule has 1 saturated heterocycles. The zero-order chi connectivity index (χ0) is 20.6. The van der Waals surface area contributed by atoms with Gasteiger partial charge in [-0.25, -0.2) is 4.39 Å². The van der Waals surface area contributed by atoms with Gasteiger partial charge in [0, 0.05) is 45.8 Å². The molecule has 164 valence electrons. The van der Waals surface area contributed by atoms with E-state index in [0.717, 1.165) is 35.9 Å². The number of hydrogen-bond donors (Lipinski definition) is 1. The summed E-state index contributed by atoms with van der Waals surface area (Å²) in [4.78, 5) is 8.38. The first-order valence-electron chi connectivity index (χ1n) is 9.77. The van der Waals surface area contributed by atoms with Crippen molar-refractivity contribution in [1.29, 1.82) is 0 Å². The number of para-hydroxylation sites is 1. The summed E-state index contributed by atoms with van der Waals surface area (Å²) in [6.07, 6.45) is 0. The molecular formula is C22H30FIN4O2. The van der Waals surface area contributed by atoms with Crippen LogP contribution in [0.1, 0.15) is 11.1 Å². The van der Waals surface area contributed by atoms with E-state index in [1.54, 1.807) is 20.2 Å². The van der Waals surface area contributed by atoms with E-state index < -0.39 is 0 Å². The van der Waals surface area contributed by atoms with Crippen molar-refractivity contribution in [3.63, 3.8) is 0 Å². The van der Waals surface area contributed by atoms with Crippen molar-refractivity contribution in [2.75, 3.05) is 52.4 Å². The number of hydrogen-bond acceptors (Lipinski definition) is 4. The third-order valence-electron chi connectivity index (χ3n) is 4.99. The van der Waals surface area contributed by atoms with E-state index in [0.29, 0.717) is 32.0 Å². The Hall–Kier alpha value is -2.07. The molecule has 30 heavy (non-hydrogen) atoms. The summed E-state index contributed by atoms with van der Waals surface area (Å²) >= 11 is 0. The van der Waals surface area contributed by atoms with Gasteiger partial charge in [-0.2, -0.15) is 0 Å². The van der Waals surface area contributed by atoms with Crippen molar-refractivity contribution >= 4 is 35.6 Å². The van der Waals surface area contributed by atoms with Gasteiger partial charge in [-0.1, -0.05) is 24.3 Å². The summed E-state index contributed by atoms with van der Waals surface area (Å²) in [5.41, 5.74) is 2.57. The molecule has 0 aliphatic carbocycles. The molecule has 1 aliphatic heterocycles. The molecule has 2 aromatic rings. The quantitative estimate of drug-likeness (QED) is 0.354. The van der Waals surface area contributed by atoms with Crippen LogP contribution in [0.5, 0.6) is 5.75 Å². The number of guanidine groups is 1. The minimum absolute atomic E-state index is 0. The van der Waals surface area contributed by atoms with Crippen LogP contribution in [-0.4, -0.2) is 58.4 Å². The molecule has 0 atom stereocenters. The Labute approximate surface area is 195 Å². The van der Waals surface area contributed by atoms with Crippen LogP contribution in [0.4, 0.5) is 10.1 Å². The first-order valence-corrected chi connectivity index (χ1v) is 9.77. The van der Waals surface area contributed by atoms with Gasteiger partial charge in [0.25, 0.3) is 0 Å². The molecule has 0 unspecified atom stereocenters. The van der Waals surface area contributed by atoms with Crippen molar-refractivity contribution in [2.45, 2.75) is 13.1 Å². The highest BCUT2D eigenvalue weighted by Gasteiger charge is 2.16. The van der Waals surface area contributed by atoms with Gasteiger partial charge in [0.05, 0.1) is 26.0 Å². The van der Waals surface area contributed by atoms with E-state index >= 15 is 0 Å². The molecule has 8 heteroatoms. The van der Waals surface area contributed by atoms with Crippen LogP contribution in [0.3, 0.4) is 0 Å². The lowest BCUT2D eigenvalue weighted by Crippen LogP contribution is -2.38. The maximum absolute atomic E-state index is 14.6. The molecule has 1 heterocycles. The fraction of sp³-hybridized carbons (Fsp3) is 0.409. The van der Waals surface area contributed by atoms with E-state index in [4.69, 9.17) is 9.47 Å². The van der Waals surface area contributed by atoms with Gasteiger partial charge in [-0.05, 0) is 23.8 Å². The summed E-state index contributed by atoms with van der Waals surface area (Å²) in [6, 6.07) is 13.3. The minimum atomic E-state index is -0.205. The standard InChI is InChI=1S/C22H29FN4O2.HI/c1-24-22(26(2)16-18-6-4-5-7-21(18)28-3)25-15-17-8-9-20(19(23)14-17)27-10-12-29-13-11-27;/h4-9,14H,10-13,15-16H2,1-3H3,(H,24,25);1H. The van der Waals surface area contributed by atoms with Crippen LogP contribution in [0, 0.1) is 5.82 Å². The summed E-state index contributed by atoms with van der Waals surface area (Å²) in [7, 11) is 5.37. The monoisotopic (exact) mass is 528 g/mol. The SMILES string of the molecule is CN=C(NCc1ccc(N2CCOCC2)c(F)c1)N(C)Cc1ccccc1OC.I. The lowest BCUT2D eigenvalue weighted by molar-refractivity contribution is 0.122. The Balaban J connectivity index is 0.00000320. The Kier molecular flexibility index (Phi) is 9.64. The van der Waals surface area contributed by atoms with Crippen LogP contribution >= 0.6 is 24.0 Å². The highest BCUT2D eigenvalue weighted by molar-refractivity contribution is 14.0. The second kappa shape index (κ2) is 11.9. The second-order valence-corrected chi connectivity index (χ2v) is 6.95. The van der Waals surface area contributed by atoms with Gasteiger partial charge in [0.2, 0.25) is 0 Å². The number of morpholine rings is 1. The van der Waals surface area contributed by atoms with Crippen molar-refractivity contribution in [3.05, 3.63) is 59.4 Å². The van der Waals surface area contributed by atoms with E-state index in [-0.39, 0.29) is 29.8 Å². The Bertz CT molecular complexity index is 844. The predicted octanol–water partition coefficient (Wildman–Crippen LogP) is 3.50. The number of ether oxygens (including phenoxy) is 2. The average Bonchev–Trinajstić information content (AvgIpc) is 2.75. The zero-order valence-corrected chi connectivity index (χ0v) is 20.1. The van der Waals surface area contributed by atoms with E-state index in [1.165, 1.54) is 0 Å². The van der Waals surface area contributed by atoms with Crippen molar-refractivity contribution < 1.29 is 13.9 Å². The molecular weight excluding hydrogens is 498 g/mol. The lowest BCUT2D eigenvalue weighted by Gasteiger charge is -2.29. The first-order chi connectivity index (χ1) is 14.1. The van der Waals surface area contributed by atoms with E-state index in [2.05, 4.69) is 10.3 Å². The fourth-order valence-electron chi connectivity index (χ4n) is 3.45. The molecule has 2 aromatic carbocycles. The van der Waals surface area contributed by atoms with E-state index in [9.17, 15) is 4.39 Å². The summed E-state index contributed by atoms with van der Waals surface area (Å²) < 4.78 is 25.4. The third kappa shape index (κ3) is 6.21. The molecule has 0 bridgehead atoms. The number of anilines is 1. The largest absolute Gasteiger partial charge is 0.496 e. The van der Waals surface area contributed by atoms with Crippen LogP contribution in [-0.2, 0) is 17.8 Å². The highest BCUT2D eigenvalue weighted by atomic mass is 127. The average molecular weight is 528 g/mol. The summed E-state index contributed by atoms with van der Waals surface area (Å²) in [6.45, 7) is 3.84. The molecule has 1 aliphatic rings. The van der Waals surface area contributed by atoms with Gasteiger partial charge in [0.1, 0.15) is 11.6 Å². The number of nitrogens with one attached hydrogen (secondary N) is 1. The van der Waals surface area contributed by atoms with Crippen LogP contribution in [0.25, 0.3) is 0 Å². The molecule has 0 saturated carbocycles. The second-order valence-electron chi connectivity index (χ2n) is 6.95. The van der Waals surface area contributed by atoms with Gasteiger partial charge >= 0.3 is 0 Å². The van der Waals surface area contributed by atoms with Gasteiger partial charge in [-0.3, -0.25) is 4.99 Å². The lowest BCUT2D eigenvalue weighted by atomic mass is 10.1. The summed E-state index contributed by atoms with van der Waals surface area (Å²) in [5.74, 6) is 1.37. The zero-order valence-electron chi connectivity index (χ0n) is 17.7. The molecule has 0 radical (unpaired) electrons. The molecule has 3 rings (SSSR count). The predicted molar refractivity (Wildman–Crippen MR) is 130 cm³/mol. The fourth-order valence-corrected chi connectivity index (χ4v) is 3.45. The Morgan fingerprint density at radius 3 is 2.63 bits per heavy atom. The Morgan fingerprint density at radius 2 is 1.97 bits per heavy atom. The molecule has 0 aromatic heterocycles. The third-order valence-corrected chi connectivity index (χ3v) is 4.99. The molecule has 0 spiro atoms. The topological polar surface area (TPSA) is 49.3 Å². The Morgan fingerprint density at radius 1 is 1.23 bits per heavy atom. The number of methoxy groups -OCH3 is 1. The number of aliphatic imine (C=N–C) groups is 1. The smallest absolute Gasteiger partial charge is 0.193 e. The normalized spacial score (nSPS) is 14.1. The molecule has 6 nitrogen and oxygen atoms in total. The van der Waals surface area contributed by atoms with Gasteiger partial charge in [0.15, 0.2) is 5.96 Å².